The van der Waals surface area contributed by atoms with E-state index in [0.29, 0.717) is 6.54 Å². The zero-order valence-electron chi connectivity index (χ0n) is 10.1. The number of aromatic nitrogens is 2. The molecule has 17 heavy (non-hydrogen) atoms. The Morgan fingerprint density at radius 3 is 2.82 bits per heavy atom. The molecule has 0 spiro atoms. The van der Waals surface area contributed by atoms with Crippen molar-refractivity contribution in [1.29, 1.82) is 0 Å². The summed E-state index contributed by atoms with van der Waals surface area (Å²) in [5.41, 5.74) is 1.94. The number of imidazole rings is 1. The molecule has 0 unspecified atom stereocenters. The first-order valence-corrected chi connectivity index (χ1v) is 5.80. The number of carboxylic acids is 1. The first-order valence-electron chi connectivity index (χ1n) is 5.80. The van der Waals surface area contributed by atoms with Crippen molar-refractivity contribution in [2.75, 3.05) is 0 Å². The van der Waals surface area contributed by atoms with Crippen LogP contribution in [-0.4, -0.2) is 20.6 Å². The fourth-order valence-corrected chi connectivity index (χ4v) is 1.95. The SMILES string of the molecule is CCc1nc2ccccc2n1C[C@H](C)C(=O)O. The van der Waals surface area contributed by atoms with Crippen molar-refractivity contribution >= 4 is 17.0 Å². The lowest BCUT2D eigenvalue weighted by molar-refractivity contribution is -0.141. The van der Waals surface area contributed by atoms with Gasteiger partial charge in [-0.25, -0.2) is 4.98 Å². The third kappa shape index (κ3) is 2.16. The molecule has 4 nitrogen and oxygen atoms in total. The number of carboxylic acid groups (broad SMARTS) is 1. The zero-order valence-corrected chi connectivity index (χ0v) is 10.1. The maximum atomic E-state index is 10.9. The van der Waals surface area contributed by atoms with Crippen LogP contribution in [0.25, 0.3) is 11.0 Å². The Hall–Kier alpha value is -1.84. The number of benzene rings is 1. The van der Waals surface area contributed by atoms with Crippen molar-refractivity contribution in [3.8, 4) is 0 Å². The van der Waals surface area contributed by atoms with Crippen LogP contribution in [0, 0.1) is 5.92 Å². The van der Waals surface area contributed by atoms with Crippen LogP contribution in [0.2, 0.25) is 0 Å². The summed E-state index contributed by atoms with van der Waals surface area (Å²) in [6.45, 7) is 4.22. The predicted molar refractivity (Wildman–Crippen MR) is 65.9 cm³/mol. The highest BCUT2D eigenvalue weighted by molar-refractivity contribution is 5.76. The molecule has 90 valence electrons. The van der Waals surface area contributed by atoms with Gasteiger partial charge in [-0.05, 0) is 12.1 Å². The van der Waals surface area contributed by atoms with Gasteiger partial charge in [0.15, 0.2) is 0 Å². The van der Waals surface area contributed by atoms with Crippen LogP contribution < -0.4 is 0 Å². The third-order valence-corrected chi connectivity index (χ3v) is 2.93. The second-order valence-corrected chi connectivity index (χ2v) is 4.22. The Kier molecular flexibility index (Phi) is 3.13. The van der Waals surface area contributed by atoms with Gasteiger partial charge in [0.1, 0.15) is 5.82 Å². The van der Waals surface area contributed by atoms with Crippen molar-refractivity contribution < 1.29 is 9.90 Å². The van der Waals surface area contributed by atoms with Crippen LogP contribution in [0.4, 0.5) is 0 Å². The number of hydrogen-bond acceptors (Lipinski definition) is 2. The molecule has 0 radical (unpaired) electrons. The van der Waals surface area contributed by atoms with Gasteiger partial charge >= 0.3 is 5.97 Å². The molecule has 0 saturated carbocycles. The first-order chi connectivity index (χ1) is 8.13. The summed E-state index contributed by atoms with van der Waals surface area (Å²) in [5, 5.41) is 8.98. The summed E-state index contributed by atoms with van der Waals surface area (Å²) in [4.78, 5) is 15.4. The fraction of sp³-hybridized carbons (Fsp3) is 0.385. The quantitative estimate of drug-likeness (QED) is 0.880. The molecule has 1 aromatic carbocycles. The van der Waals surface area contributed by atoms with Gasteiger partial charge in [0.25, 0.3) is 0 Å². The second-order valence-electron chi connectivity index (χ2n) is 4.22. The minimum absolute atomic E-state index is 0.405. The van der Waals surface area contributed by atoms with E-state index in [1.807, 2.05) is 35.8 Å². The summed E-state index contributed by atoms with van der Waals surface area (Å²) >= 11 is 0. The van der Waals surface area contributed by atoms with Crippen molar-refractivity contribution in [2.45, 2.75) is 26.8 Å². The summed E-state index contributed by atoms with van der Waals surface area (Å²) < 4.78 is 2.01. The molecule has 0 aliphatic carbocycles. The molecule has 1 heterocycles. The van der Waals surface area contributed by atoms with Gasteiger partial charge in [-0.2, -0.15) is 0 Å². The number of fused-ring (bicyclic) bond motifs is 1. The predicted octanol–water partition coefficient (Wildman–Crippen LogP) is 2.32. The standard InChI is InChI=1S/C13H16N2O2/c1-3-12-14-10-6-4-5-7-11(10)15(12)8-9(2)13(16)17/h4-7,9H,3,8H2,1-2H3,(H,16,17)/t9-/m0/s1. The lowest BCUT2D eigenvalue weighted by Crippen LogP contribution is -2.18. The van der Waals surface area contributed by atoms with Crippen molar-refractivity contribution in [3.63, 3.8) is 0 Å². The van der Waals surface area contributed by atoms with E-state index in [1.54, 1.807) is 6.92 Å². The average Bonchev–Trinajstić information content (AvgIpc) is 2.67. The smallest absolute Gasteiger partial charge is 0.308 e. The maximum Gasteiger partial charge on any atom is 0.308 e. The highest BCUT2D eigenvalue weighted by Gasteiger charge is 2.16. The normalized spacial score (nSPS) is 12.8. The Balaban J connectivity index is 2.46. The third-order valence-electron chi connectivity index (χ3n) is 2.93. The second kappa shape index (κ2) is 4.57. The van der Waals surface area contributed by atoms with E-state index >= 15 is 0 Å². The van der Waals surface area contributed by atoms with Crippen LogP contribution >= 0.6 is 0 Å². The number of para-hydroxylation sites is 2. The summed E-state index contributed by atoms with van der Waals surface area (Å²) in [6.07, 6.45) is 0.807. The Morgan fingerprint density at radius 1 is 1.47 bits per heavy atom. The van der Waals surface area contributed by atoms with E-state index in [4.69, 9.17) is 5.11 Å². The van der Waals surface area contributed by atoms with Crippen LogP contribution in [0.1, 0.15) is 19.7 Å². The van der Waals surface area contributed by atoms with Gasteiger partial charge in [-0.3, -0.25) is 4.79 Å². The van der Waals surface area contributed by atoms with Crippen LogP contribution in [-0.2, 0) is 17.8 Å². The number of aliphatic carboxylic acids is 1. The van der Waals surface area contributed by atoms with Gasteiger partial charge in [0.2, 0.25) is 0 Å². The summed E-state index contributed by atoms with van der Waals surface area (Å²) in [7, 11) is 0. The van der Waals surface area contributed by atoms with E-state index < -0.39 is 11.9 Å². The lowest BCUT2D eigenvalue weighted by Gasteiger charge is -2.11. The Bertz CT molecular complexity index is 545. The first kappa shape index (κ1) is 11.6. The van der Waals surface area contributed by atoms with E-state index in [-0.39, 0.29) is 0 Å². The lowest BCUT2D eigenvalue weighted by atomic mass is 10.2. The van der Waals surface area contributed by atoms with Gasteiger partial charge in [0, 0.05) is 13.0 Å². The van der Waals surface area contributed by atoms with Gasteiger partial charge in [0.05, 0.1) is 17.0 Å². The highest BCUT2D eigenvalue weighted by Crippen LogP contribution is 2.18. The summed E-state index contributed by atoms with van der Waals surface area (Å²) in [5.74, 6) is -0.234. The molecule has 0 aliphatic heterocycles. The minimum Gasteiger partial charge on any atom is -0.481 e. The number of hydrogen-bond donors (Lipinski definition) is 1. The number of rotatable bonds is 4. The maximum absolute atomic E-state index is 10.9. The van der Waals surface area contributed by atoms with Gasteiger partial charge in [-0.1, -0.05) is 26.0 Å². The van der Waals surface area contributed by atoms with Gasteiger partial charge < -0.3 is 9.67 Å². The Labute approximate surface area is 99.9 Å². The van der Waals surface area contributed by atoms with Gasteiger partial charge in [-0.15, -0.1) is 0 Å². The summed E-state index contributed by atoms with van der Waals surface area (Å²) in [6, 6.07) is 7.83. The molecule has 4 heteroatoms. The van der Waals surface area contributed by atoms with Crippen molar-refractivity contribution in [2.24, 2.45) is 5.92 Å². The monoisotopic (exact) mass is 232 g/mol. The molecule has 2 rings (SSSR count). The number of aryl methyl sites for hydroxylation is 1. The van der Waals surface area contributed by atoms with E-state index in [0.717, 1.165) is 23.3 Å². The topological polar surface area (TPSA) is 55.1 Å². The van der Waals surface area contributed by atoms with Crippen LogP contribution in [0.5, 0.6) is 0 Å². The number of carbonyl (C=O) groups is 1. The molecule has 0 saturated heterocycles. The van der Waals surface area contributed by atoms with E-state index in [2.05, 4.69) is 4.98 Å². The highest BCUT2D eigenvalue weighted by atomic mass is 16.4. The molecule has 0 aliphatic rings. The molecule has 1 atom stereocenters. The molecule has 0 amide bonds. The minimum atomic E-state index is -0.773. The van der Waals surface area contributed by atoms with Crippen molar-refractivity contribution in [1.82, 2.24) is 9.55 Å². The largest absolute Gasteiger partial charge is 0.481 e. The van der Waals surface area contributed by atoms with E-state index in [9.17, 15) is 4.79 Å². The molecular formula is C13H16N2O2. The fourth-order valence-electron chi connectivity index (χ4n) is 1.95. The zero-order chi connectivity index (χ0) is 12.4. The molecule has 2 aromatic rings. The van der Waals surface area contributed by atoms with Crippen LogP contribution in [0.3, 0.4) is 0 Å². The molecular weight excluding hydrogens is 216 g/mol. The average molecular weight is 232 g/mol. The van der Waals surface area contributed by atoms with Crippen molar-refractivity contribution in [3.05, 3.63) is 30.1 Å². The molecule has 0 bridgehead atoms. The van der Waals surface area contributed by atoms with Crippen LogP contribution in [0.15, 0.2) is 24.3 Å². The molecule has 0 fully saturated rings. The molecule has 1 N–H and O–H groups in total. The van der Waals surface area contributed by atoms with E-state index in [1.165, 1.54) is 0 Å². The Morgan fingerprint density at radius 2 is 2.18 bits per heavy atom. The number of nitrogens with zero attached hydrogens (tertiary/aromatic N) is 2. The molecule has 1 aromatic heterocycles.